The number of ether oxygens (including phenoxy) is 1. The average molecular weight is 464 g/mol. The van der Waals surface area contributed by atoms with Crippen LogP contribution in [0.5, 0.6) is 0 Å². The van der Waals surface area contributed by atoms with Crippen LogP contribution in [0.25, 0.3) is 0 Å². The number of hydrogen-bond acceptors (Lipinski definition) is 6. The van der Waals surface area contributed by atoms with Gasteiger partial charge in [-0.2, -0.15) is 5.10 Å². The lowest BCUT2D eigenvalue weighted by Gasteiger charge is -2.11. The molecular weight excluding hydrogens is 446 g/mol. The molecule has 0 fully saturated rings. The van der Waals surface area contributed by atoms with Gasteiger partial charge in [-0.25, -0.2) is 10.2 Å². The van der Waals surface area contributed by atoms with E-state index in [1.54, 1.807) is 6.07 Å². The van der Waals surface area contributed by atoms with Gasteiger partial charge in [-0.05, 0) is 48.9 Å². The highest BCUT2D eigenvalue weighted by Gasteiger charge is 2.28. The maximum absolute atomic E-state index is 12.2. The lowest BCUT2D eigenvalue weighted by Crippen LogP contribution is -2.32. The number of carbonyl (C=O) groups excluding carboxylic acids is 3. The zero-order chi connectivity index (χ0) is 20.1. The molecule has 9 heteroatoms. The Bertz CT molecular complexity index is 955. The van der Waals surface area contributed by atoms with Gasteiger partial charge in [0.15, 0.2) is 0 Å². The lowest BCUT2D eigenvalue weighted by atomic mass is 9.95. The highest BCUT2D eigenvalue weighted by molar-refractivity contribution is 9.10. The van der Waals surface area contributed by atoms with E-state index in [1.165, 1.54) is 24.7 Å². The second-order valence-electron chi connectivity index (χ2n) is 6.11. The topological polar surface area (TPSA) is 96.9 Å². The van der Waals surface area contributed by atoms with E-state index in [4.69, 9.17) is 4.74 Å². The quantitative estimate of drug-likeness (QED) is 0.314. The van der Waals surface area contributed by atoms with Crippen LogP contribution < -0.4 is 10.7 Å². The normalized spacial score (nSPS) is 13.1. The molecule has 1 aromatic heterocycles. The Morgan fingerprint density at radius 2 is 2.00 bits per heavy atom. The van der Waals surface area contributed by atoms with Crippen LogP contribution >= 0.6 is 27.3 Å². The van der Waals surface area contributed by atoms with E-state index in [0.29, 0.717) is 10.6 Å². The fourth-order valence-corrected chi connectivity index (χ4v) is 4.62. The molecule has 2 amide bonds. The Morgan fingerprint density at radius 3 is 2.75 bits per heavy atom. The van der Waals surface area contributed by atoms with Crippen molar-refractivity contribution in [2.45, 2.75) is 25.7 Å². The Morgan fingerprint density at radius 1 is 1.21 bits per heavy atom. The fraction of sp³-hybridized carbons (Fsp3) is 0.263. The average Bonchev–Trinajstić information content (AvgIpc) is 3.05. The van der Waals surface area contributed by atoms with Gasteiger partial charge in [0.25, 0.3) is 0 Å². The van der Waals surface area contributed by atoms with E-state index in [9.17, 15) is 14.4 Å². The molecular formula is C19H18BrN3O4S. The van der Waals surface area contributed by atoms with E-state index in [2.05, 4.69) is 31.8 Å². The second-order valence-corrected chi connectivity index (χ2v) is 8.14. The minimum absolute atomic E-state index is 0.342. The summed E-state index contributed by atoms with van der Waals surface area (Å²) in [5.41, 5.74) is 4.20. The maximum Gasteiger partial charge on any atom is 0.341 e. The monoisotopic (exact) mass is 463 g/mol. The summed E-state index contributed by atoms with van der Waals surface area (Å²) in [5, 5.41) is 6.66. The molecule has 0 unspecified atom stereocenters. The molecule has 1 aromatic carbocycles. The SMILES string of the molecule is COC(=O)c1c(NC(=O)C(=O)N/N=C/c2cccc(Br)c2)sc2c1CCCC2. The van der Waals surface area contributed by atoms with Crippen LogP contribution in [0, 0.1) is 0 Å². The van der Waals surface area contributed by atoms with Crippen molar-refractivity contribution in [3.8, 4) is 0 Å². The van der Waals surface area contributed by atoms with Crippen molar-refractivity contribution in [1.82, 2.24) is 5.43 Å². The van der Waals surface area contributed by atoms with E-state index in [1.807, 2.05) is 18.2 Å². The molecule has 7 nitrogen and oxygen atoms in total. The molecule has 0 atom stereocenters. The molecule has 0 saturated heterocycles. The molecule has 1 aliphatic rings. The summed E-state index contributed by atoms with van der Waals surface area (Å²) in [6.45, 7) is 0. The zero-order valence-corrected chi connectivity index (χ0v) is 17.5. The van der Waals surface area contributed by atoms with E-state index >= 15 is 0 Å². The smallest absolute Gasteiger partial charge is 0.341 e. The number of hydrogen-bond donors (Lipinski definition) is 2. The molecule has 1 heterocycles. The number of carbonyl (C=O) groups is 3. The number of nitrogens with one attached hydrogen (secondary N) is 2. The third-order valence-corrected chi connectivity index (χ3v) is 5.92. The number of anilines is 1. The summed E-state index contributed by atoms with van der Waals surface area (Å²) in [7, 11) is 1.30. The molecule has 28 heavy (non-hydrogen) atoms. The van der Waals surface area contributed by atoms with Gasteiger partial charge >= 0.3 is 17.8 Å². The largest absolute Gasteiger partial charge is 0.465 e. The van der Waals surface area contributed by atoms with Crippen LogP contribution in [0.4, 0.5) is 5.00 Å². The first-order chi connectivity index (χ1) is 13.5. The number of halogens is 1. The first kappa shape index (κ1) is 20.2. The summed E-state index contributed by atoms with van der Waals surface area (Å²) < 4.78 is 5.73. The molecule has 0 radical (unpaired) electrons. The first-order valence-electron chi connectivity index (χ1n) is 8.62. The number of nitrogens with zero attached hydrogens (tertiary/aromatic N) is 1. The molecule has 2 N–H and O–H groups in total. The maximum atomic E-state index is 12.2. The number of rotatable bonds is 4. The van der Waals surface area contributed by atoms with Crippen molar-refractivity contribution in [3.63, 3.8) is 0 Å². The number of amides is 2. The summed E-state index contributed by atoms with van der Waals surface area (Å²) in [5.74, 6) is -2.33. The summed E-state index contributed by atoms with van der Waals surface area (Å²) in [4.78, 5) is 37.5. The van der Waals surface area contributed by atoms with Gasteiger partial charge < -0.3 is 10.1 Å². The van der Waals surface area contributed by atoms with Gasteiger partial charge in [-0.15, -0.1) is 11.3 Å². The van der Waals surface area contributed by atoms with Crippen LogP contribution in [0.3, 0.4) is 0 Å². The van der Waals surface area contributed by atoms with Crippen molar-refractivity contribution in [3.05, 3.63) is 50.3 Å². The molecule has 0 spiro atoms. The minimum Gasteiger partial charge on any atom is -0.465 e. The van der Waals surface area contributed by atoms with Crippen molar-refractivity contribution >= 4 is 56.3 Å². The molecule has 0 aliphatic heterocycles. The summed E-state index contributed by atoms with van der Waals surface area (Å²) in [6, 6.07) is 7.31. The van der Waals surface area contributed by atoms with Crippen LogP contribution in [-0.4, -0.2) is 31.1 Å². The van der Waals surface area contributed by atoms with Gasteiger partial charge in [0.05, 0.1) is 18.9 Å². The standard InChI is InChI=1S/C19H18BrN3O4S/c1-27-19(26)15-13-7-2-3-8-14(13)28-18(15)22-16(24)17(25)23-21-10-11-5-4-6-12(20)9-11/h4-6,9-10H,2-3,7-8H2,1H3,(H,22,24)(H,23,25)/b21-10+. The summed E-state index contributed by atoms with van der Waals surface area (Å²) >= 11 is 4.66. The Hall–Kier alpha value is -2.52. The number of fused-ring (bicyclic) bond motifs is 1. The molecule has 2 aromatic rings. The molecule has 1 aliphatic carbocycles. The highest BCUT2D eigenvalue weighted by atomic mass is 79.9. The predicted molar refractivity (Wildman–Crippen MR) is 111 cm³/mol. The van der Waals surface area contributed by atoms with Crippen LogP contribution in [0.2, 0.25) is 0 Å². The lowest BCUT2D eigenvalue weighted by molar-refractivity contribution is -0.136. The van der Waals surface area contributed by atoms with Crippen molar-refractivity contribution < 1.29 is 19.1 Å². The third-order valence-electron chi connectivity index (χ3n) is 4.22. The van der Waals surface area contributed by atoms with Crippen molar-refractivity contribution in [2.75, 3.05) is 12.4 Å². The molecule has 0 saturated carbocycles. The van der Waals surface area contributed by atoms with E-state index in [-0.39, 0.29) is 0 Å². The number of benzene rings is 1. The van der Waals surface area contributed by atoms with Crippen LogP contribution in [0.1, 0.15) is 39.2 Å². The Kier molecular flexibility index (Phi) is 6.58. The highest BCUT2D eigenvalue weighted by Crippen LogP contribution is 2.38. The van der Waals surface area contributed by atoms with Gasteiger partial charge in [0, 0.05) is 9.35 Å². The van der Waals surface area contributed by atoms with Crippen molar-refractivity contribution in [2.24, 2.45) is 5.10 Å². The van der Waals surface area contributed by atoms with Crippen LogP contribution in [0.15, 0.2) is 33.8 Å². The Labute approximate surface area is 174 Å². The third kappa shape index (κ3) is 4.66. The summed E-state index contributed by atoms with van der Waals surface area (Å²) in [6.07, 6.45) is 5.05. The van der Waals surface area contributed by atoms with Gasteiger partial charge in [0.2, 0.25) is 0 Å². The first-order valence-corrected chi connectivity index (χ1v) is 10.2. The van der Waals surface area contributed by atoms with Gasteiger partial charge in [-0.1, -0.05) is 28.1 Å². The number of methoxy groups -OCH3 is 1. The number of esters is 1. The molecule has 146 valence electrons. The van der Waals surface area contributed by atoms with Crippen LogP contribution in [-0.2, 0) is 27.2 Å². The van der Waals surface area contributed by atoms with Gasteiger partial charge in [0.1, 0.15) is 5.00 Å². The number of aryl methyl sites for hydroxylation is 1. The fourth-order valence-electron chi connectivity index (χ4n) is 2.93. The van der Waals surface area contributed by atoms with E-state index < -0.39 is 17.8 Å². The van der Waals surface area contributed by atoms with Crippen molar-refractivity contribution in [1.29, 1.82) is 0 Å². The predicted octanol–water partition coefficient (Wildman–Crippen LogP) is 3.26. The Balaban J connectivity index is 1.69. The number of thiophene rings is 1. The second kappa shape index (κ2) is 9.11. The van der Waals surface area contributed by atoms with E-state index in [0.717, 1.165) is 46.2 Å². The number of hydrazone groups is 1. The molecule has 0 bridgehead atoms. The van der Waals surface area contributed by atoms with Gasteiger partial charge in [-0.3, -0.25) is 9.59 Å². The minimum atomic E-state index is -0.923. The zero-order valence-electron chi connectivity index (χ0n) is 15.1. The molecule has 3 rings (SSSR count).